The fourth-order valence-corrected chi connectivity index (χ4v) is 6.99. The van der Waals surface area contributed by atoms with Gasteiger partial charge in [0.15, 0.2) is 6.54 Å². The Bertz CT molecular complexity index is 1430. The molecule has 0 saturated heterocycles. The van der Waals surface area contributed by atoms with Crippen LogP contribution in [0.4, 0.5) is 5.69 Å². The highest BCUT2D eigenvalue weighted by molar-refractivity contribution is 8.03. The van der Waals surface area contributed by atoms with Crippen molar-refractivity contribution in [2.24, 2.45) is 0 Å². The maximum absolute atomic E-state index is 11.5. The van der Waals surface area contributed by atoms with E-state index < -0.39 is 15.4 Å². The van der Waals surface area contributed by atoms with E-state index in [0.29, 0.717) is 11.6 Å². The van der Waals surface area contributed by atoms with Crippen LogP contribution < -0.4 is 9.47 Å². The minimum atomic E-state index is -4.34. The summed E-state index contributed by atoms with van der Waals surface area (Å²) < 4.78 is 37.5. The van der Waals surface area contributed by atoms with Gasteiger partial charge in [-0.05, 0) is 62.2 Å². The molecule has 0 N–H and O–H groups in total. The Morgan fingerprint density at radius 1 is 1.17 bits per heavy atom. The van der Waals surface area contributed by atoms with E-state index in [-0.39, 0.29) is 6.42 Å². The molecule has 0 radical (unpaired) electrons. The highest BCUT2D eigenvalue weighted by atomic mass is 35.5. The van der Waals surface area contributed by atoms with Crippen LogP contribution in [0.3, 0.4) is 0 Å². The number of anilines is 1. The third-order valence-corrected chi connectivity index (χ3v) is 9.90. The van der Waals surface area contributed by atoms with Gasteiger partial charge in [0, 0.05) is 40.0 Å². The molecule has 0 fully saturated rings. The zero-order chi connectivity index (χ0) is 25.3. The van der Waals surface area contributed by atoms with Gasteiger partial charge in [0.2, 0.25) is 5.52 Å². The molecule has 1 aromatic heterocycles. The number of aryl methyl sites for hydroxylation is 1. The molecular weight excluding hydrogens is 543 g/mol. The van der Waals surface area contributed by atoms with Crippen LogP contribution in [0.25, 0.3) is 16.3 Å². The SMILES string of the molecule is CCC(=Cc1sc2ccc(Cl)cc2[n+]1CCC(C)S(=O)(=O)[O-])C=C1Sc2ccc(Cl)cc2N1CC. The zero-order valence-corrected chi connectivity index (χ0v) is 23.6. The summed E-state index contributed by atoms with van der Waals surface area (Å²) in [5.74, 6) is 0. The summed E-state index contributed by atoms with van der Waals surface area (Å²) in [6.07, 6.45) is 5.40. The van der Waals surface area contributed by atoms with Crippen LogP contribution >= 0.6 is 46.3 Å². The maximum atomic E-state index is 11.5. The molecule has 2 heterocycles. The zero-order valence-electron chi connectivity index (χ0n) is 19.6. The van der Waals surface area contributed by atoms with Crippen molar-refractivity contribution in [2.75, 3.05) is 11.4 Å². The summed E-state index contributed by atoms with van der Waals surface area (Å²) in [4.78, 5) is 3.44. The molecule has 5 nitrogen and oxygen atoms in total. The molecule has 1 aliphatic heterocycles. The molecule has 0 aliphatic carbocycles. The van der Waals surface area contributed by atoms with Crippen molar-refractivity contribution in [2.45, 2.75) is 50.3 Å². The van der Waals surface area contributed by atoms with Crippen molar-refractivity contribution in [3.63, 3.8) is 0 Å². The Morgan fingerprint density at radius 3 is 2.57 bits per heavy atom. The third kappa shape index (κ3) is 5.89. The summed E-state index contributed by atoms with van der Waals surface area (Å²) in [5, 5.41) is 2.48. The molecule has 35 heavy (non-hydrogen) atoms. The van der Waals surface area contributed by atoms with E-state index in [2.05, 4.69) is 41.5 Å². The van der Waals surface area contributed by atoms with E-state index >= 15 is 0 Å². The Balaban J connectivity index is 1.73. The van der Waals surface area contributed by atoms with Crippen molar-refractivity contribution in [1.82, 2.24) is 0 Å². The Hall–Kier alpha value is -1.55. The normalized spacial score (nSPS) is 16.3. The molecular formula is C25H26Cl2N2O3S3. The van der Waals surface area contributed by atoms with Gasteiger partial charge in [-0.25, -0.2) is 8.42 Å². The Morgan fingerprint density at radius 2 is 1.89 bits per heavy atom. The van der Waals surface area contributed by atoms with Crippen LogP contribution in [0.5, 0.6) is 0 Å². The first-order chi connectivity index (χ1) is 16.6. The second-order valence-corrected chi connectivity index (χ2v) is 13.1. The predicted octanol–water partition coefficient (Wildman–Crippen LogP) is 7.09. The second-order valence-electron chi connectivity index (χ2n) is 8.31. The number of thiazole rings is 1. The monoisotopic (exact) mass is 568 g/mol. The largest absolute Gasteiger partial charge is 0.748 e. The average Bonchev–Trinajstić information content (AvgIpc) is 3.32. The Kier molecular flexibility index (Phi) is 8.20. The van der Waals surface area contributed by atoms with Gasteiger partial charge in [0.25, 0.3) is 5.01 Å². The number of halogens is 2. The summed E-state index contributed by atoms with van der Waals surface area (Å²) >= 11 is 15.9. The minimum absolute atomic E-state index is 0.230. The van der Waals surface area contributed by atoms with Crippen LogP contribution in [0, 0.1) is 0 Å². The lowest BCUT2D eigenvalue weighted by atomic mass is 10.2. The van der Waals surface area contributed by atoms with Crippen LogP contribution in [0.15, 0.2) is 58.0 Å². The van der Waals surface area contributed by atoms with Crippen LogP contribution in [0.1, 0.15) is 38.6 Å². The van der Waals surface area contributed by atoms with E-state index in [4.69, 9.17) is 23.2 Å². The first-order valence-corrected chi connectivity index (χ1v) is 15.2. The fraction of sp³-hybridized carbons (Fsp3) is 0.320. The highest BCUT2D eigenvalue weighted by Crippen LogP contribution is 2.47. The molecule has 0 saturated carbocycles. The number of rotatable bonds is 8. The first kappa shape index (κ1) is 26.5. The van der Waals surface area contributed by atoms with E-state index in [1.54, 1.807) is 23.1 Å². The number of benzene rings is 2. The van der Waals surface area contributed by atoms with Gasteiger partial charge >= 0.3 is 0 Å². The second kappa shape index (κ2) is 10.8. The van der Waals surface area contributed by atoms with Crippen molar-refractivity contribution in [1.29, 1.82) is 0 Å². The maximum Gasteiger partial charge on any atom is 0.263 e. The first-order valence-electron chi connectivity index (χ1n) is 11.3. The molecule has 10 heteroatoms. The van der Waals surface area contributed by atoms with Gasteiger partial charge in [-0.3, -0.25) is 0 Å². The molecule has 1 atom stereocenters. The predicted molar refractivity (Wildman–Crippen MR) is 147 cm³/mol. The summed E-state index contributed by atoms with van der Waals surface area (Å²) in [5.41, 5.74) is 3.19. The van der Waals surface area contributed by atoms with Crippen molar-refractivity contribution in [3.05, 3.63) is 68.1 Å². The molecule has 0 amide bonds. The number of nitrogens with zero attached hydrogens (tertiary/aromatic N) is 2. The summed E-state index contributed by atoms with van der Waals surface area (Å²) in [6.45, 7) is 6.93. The number of aromatic nitrogens is 1. The number of hydrogen-bond donors (Lipinski definition) is 0. The van der Waals surface area contributed by atoms with Crippen LogP contribution in [-0.2, 0) is 16.7 Å². The molecule has 186 valence electrons. The summed E-state index contributed by atoms with van der Waals surface area (Å²) in [6, 6.07) is 11.7. The van der Waals surface area contributed by atoms with Gasteiger partial charge in [-0.2, -0.15) is 4.57 Å². The molecule has 1 unspecified atom stereocenters. The quantitative estimate of drug-likeness (QED) is 0.214. The lowest BCUT2D eigenvalue weighted by molar-refractivity contribution is -0.669. The van der Waals surface area contributed by atoms with Crippen molar-refractivity contribution >= 4 is 78.4 Å². The third-order valence-electron chi connectivity index (χ3n) is 5.98. The smallest absolute Gasteiger partial charge is 0.263 e. The van der Waals surface area contributed by atoms with Gasteiger partial charge in [0.05, 0.1) is 26.1 Å². The van der Waals surface area contributed by atoms with Crippen molar-refractivity contribution < 1.29 is 17.5 Å². The number of thioether (sulfide) groups is 1. The lowest BCUT2D eigenvalue weighted by Crippen LogP contribution is -2.37. The van der Waals surface area contributed by atoms with Crippen LogP contribution in [-0.4, -0.2) is 24.8 Å². The molecule has 3 aromatic rings. The van der Waals surface area contributed by atoms with E-state index in [0.717, 1.165) is 49.5 Å². The molecule has 2 aromatic carbocycles. The number of allylic oxidation sites excluding steroid dienone is 2. The van der Waals surface area contributed by atoms with Gasteiger partial charge < -0.3 is 9.45 Å². The highest BCUT2D eigenvalue weighted by Gasteiger charge is 2.25. The molecule has 1 aliphatic rings. The van der Waals surface area contributed by atoms with Crippen molar-refractivity contribution in [3.8, 4) is 0 Å². The fourth-order valence-electron chi connectivity index (χ4n) is 3.94. The number of fused-ring (bicyclic) bond motifs is 2. The van der Waals surface area contributed by atoms with Crippen LogP contribution in [0.2, 0.25) is 10.0 Å². The Labute approximate surface area is 224 Å². The van der Waals surface area contributed by atoms with E-state index in [1.807, 2.05) is 30.3 Å². The van der Waals surface area contributed by atoms with Gasteiger partial charge in [-0.1, -0.05) is 53.2 Å². The number of hydrogen-bond acceptors (Lipinski definition) is 6. The van der Waals surface area contributed by atoms with Gasteiger partial charge in [-0.15, -0.1) is 0 Å². The molecule has 0 bridgehead atoms. The molecule has 0 spiro atoms. The lowest BCUT2D eigenvalue weighted by Gasteiger charge is -2.18. The topological polar surface area (TPSA) is 64.3 Å². The molecule has 4 rings (SSSR count). The average molecular weight is 570 g/mol. The van der Waals surface area contributed by atoms with E-state index in [9.17, 15) is 13.0 Å². The summed E-state index contributed by atoms with van der Waals surface area (Å²) in [7, 11) is -4.34. The van der Waals surface area contributed by atoms with E-state index in [1.165, 1.54) is 11.8 Å². The minimum Gasteiger partial charge on any atom is -0.748 e. The standard InChI is InChI=1S/C25H26Cl2N2O3S3/c1-4-17(12-24-28(5-2)20-14-18(26)6-8-22(20)33-24)13-25-29(11-10-16(3)35(30,31)32)21-15-19(27)7-9-23(21)34-25/h6-9,12-16H,4-5,10-11H2,1-3H3. The van der Waals surface area contributed by atoms with Gasteiger partial charge in [0.1, 0.15) is 4.70 Å².